The standard InChI is InChI=1S/C8H7I2NO2/c1-13-8(12)6-3-2-4-7(5-6)11(9)10/h2-5H,1H3. The van der Waals surface area contributed by atoms with Crippen LogP contribution in [0.4, 0.5) is 5.69 Å². The molecule has 0 N–H and O–H groups in total. The number of carbonyl (C=O) groups excluding carboxylic acids is 1. The fourth-order valence-electron chi connectivity index (χ4n) is 0.856. The number of rotatable bonds is 2. The van der Waals surface area contributed by atoms with Crippen molar-refractivity contribution in [2.45, 2.75) is 0 Å². The lowest BCUT2D eigenvalue weighted by Crippen LogP contribution is -2.01. The highest BCUT2D eigenvalue weighted by atomic mass is 127. The summed E-state index contributed by atoms with van der Waals surface area (Å²) in [6.45, 7) is 0. The molecule has 0 fully saturated rings. The molecule has 0 radical (unpaired) electrons. The maximum Gasteiger partial charge on any atom is 0.337 e. The second kappa shape index (κ2) is 4.99. The Bertz CT molecular complexity index is 315. The number of esters is 1. The van der Waals surface area contributed by atoms with E-state index < -0.39 is 0 Å². The minimum atomic E-state index is -0.309. The normalized spacial score (nSPS) is 9.46. The van der Waals surface area contributed by atoms with Crippen molar-refractivity contribution in [2.75, 3.05) is 8.44 Å². The average Bonchev–Trinajstić information content (AvgIpc) is 2.17. The monoisotopic (exact) mass is 403 g/mol. The molecule has 0 unspecified atom stereocenters. The SMILES string of the molecule is COC(=O)c1cccc(N(I)I)c1. The van der Waals surface area contributed by atoms with Crippen molar-refractivity contribution in [3.63, 3.8) is 0 Å². The van der Waals surface area contributed by atoms with E-state index in [0.717, 1.165) is 5.69 Å². The molecule has 0 aliphatic heterocycles. The molecule has 0 aromatic heterocycles. The smallest absolute Gasteiger partial charge is 0.337 e. The summed E-state index contributed by atoms with van der Waals surface area (Å²) in [6, 6.07) is 7.26. The van der Waals surface area contributed by atoms with Gasteiger partial charge in [0.2, 0.25) is 0 Å². The number of nitrogens with zero attached hydrogens (tertiary/aromatic N) is 1. The molecule has 0 saturated heterocycles. The van der Waals surface area contributed by atoms with Crippen molar-refractivity contribution in [2.24, 2.45) is 0 Å². The van der Waals surface area contributed by atoms with Crippen LogP contribution in [0.3, 0.4) is 0 Å². The number of halogens is 2. The molecular weight excluding hydrogens is 396 g/mol. The summed E-state index contributed by atoms with van der Waals surface area (Å²) in [7, 11) is 1.38. The van der Waals surface area contributed by atoms with E-state index in [9.17, 15) is 4.79 Å². The summed E-state index contributed by atoms with van der Waals surface area (Å²) in [4.78, 5) is 11.1. The average molecular weight is 403 g/mol. The molecule has 5 heteroatoms. The topological polar surface area (TPSA) is 29.5 Å². The Morgan fingerprint density at radius 2 is 2.15 bits per heavy atom. The Balaban J connectivity index is 2.98. The van der Waals surface area contributed by atoms with Crippen molar-refractivity contribution in [1.29, 1.82) is 0 Å². The number of anilines is 1. The van der Waals surface area contributed by atoms with Crippen molar-refractivity contribution in [1.82, 2.24) is 0 Å². The first-order valence-electron chi connectivity index (χ1n) is 3.45. The van der Waals surface area contributed by atoms with E-state index in [1.807, 2.05) is 13.5 Å². The molecule has 1 aromatic carbocycles. The summed E-state index contributed by atoms with van der Waals surface area (Å²) < 4.78 is 6.49. The predicted octanol–water partition coefficient (Wildman–Crippen LogP) is 2.98. The summed E-state index contributed by atoms with van der Waals surface area (Å²) in [5.74, 6) is -0.309. The van der Waals surface area contributed by atoms with E-state index in [0.29, 0.717) is 5.56 Å². The second-order valence-corrected chi connectivity index (χ2v) is 6.05. The lowest BCUT2D eigenvalue weighted by molar-refractivity contribution is 0.0601. The van der Waals surface area contributed by atoms with Gasteiger partial charge in [-0.1, -0.05) is 6.07 Å². The quantitative estimate of drug-likeness (QED) is 0.432. The van der Waals surface area contributed by atoms with Crippen LogP contribution >= 0.6 is 45.7 Å². The highest BCUT2D eigenvalue weighted by Gasteiger charge is 2.06. The van der Waals surface area contributed by atoms with Crippen molar-refractivity contribution in [3.05, 3.63) is 29.8 Å². The molecule has 1 rings (SSSR count). The molecule has 13 heavy (non-hydrogen) atoms. The highest BCUT2D eigenvalue weighted by molar-refractivity contribution is 14.2. The zero-order chi connectivity index (χ0) is 9.84. The Labute approximate surface area is 104 Å². The number of carbonyl (C=O) groups is 1. The molecular formula is C8H7I2NO2. The van der Waals surface area contributed by atoms with Gasteiger partial charge in [-0.3, -0.25) is 1.33 Å². The lowest BCUT2D eigenvalue weighted by Gasteiger charge is -2.07. The highest BCUT2D eigenvalue weighted by Crippen LogP contribution is 2.23. The van der Waals surface area contributed by atoms with E-state index in [-0.39, 0.29) is 5.97 Å². The van der Waals surface area contributed by atoms with Gasteiger partial charge >= 0.3 is 5.97 Å². The third-order valence-electron chi connectivity index (χ3n) is 1.46. The summed E-state index contributed by atoms with van der Waals surface area (Å²) in [5, 5.41) is 0. The van der Waals surface area contributed by atoms with Gasteiger partial charge in [-0.25, -0.2) is 4.79 Å². The molecule has 0 aliphatic carbocycles. The third kappa shape index (κ3) is 2.97. The van der Waals surface area contributed by atoms with Crippen LogP contribution in [0.1, 0.15) is 10.4 Å². The van der Waals surface area contributed by atoms with Gasteiger partial charge < -0.3 is 4.74 Å². The van der Waals surface area contributed by atoms with Crippen molar-refractivity contribution in [3.8, 4) is 0 Å². The lowest BCUT2D eigenvalue weighted by atomic mass is 10.2. The fraction of sp³-hybridized carbons (Fsp3) is 0.125. The molecule has 0 amide bonds. The maximum absolute atomic E-state index is 11.1. The summed E-state index contributed by atoms with van der Waals surface area (Å²) in [5.41, 5.74) is 1.53. The van der Waals surface area contributed by atoms with Crippen LogP contribution in [0.5, 0.6) is 0 Å². The van der Waals surface area contributed by atoms with Gasteiger partial charge in [-0.2, -0.15) is 0 Å². The summed E-state index contributed by atoms with van der Waals surface area (Å²) in [6.07, 6.45) is 0. The number of methoxy groups -OCH3 is 1. The molecule has 70 valence electrons. The molecule has 1 aromatic rings. The molecule has 0 aliphatic rings. The van der Waals surface area contributed by atoms with Gasteiger partial charge in [0.1, 0.15) is 0 Å². The number of ether oxygens (including phenoxy) is 1. The maximum atomic E-state index is 11.1. The Morgan fingerprint density at radius 3 is 2.69 bits per heavy atom. The van der Waals surface area contributed by atoms with Crippen LogP contribution in [0.2, 0.25) is 0 Å². The first-order valence-corrected chi connectivity index (χ1v) is 5.38. The zero-order valence-corrected chi connectivity index (χ0v) is 11.1. The Morgan fingerprint density at radius 1 is 1.46 bits per heavy atom. The molecule has 0 heterocycles. The number of hydrogen-bond donors (Lipinski definition) is 0. The first kappa shape index (κ1) is 11.0. The van der Waals surface area contributed by atoms with Crippen LogP contribution in [0, 0.1) is 0 Å². The predicted molar refractivity (Wildman–Crippen MR) is 68.3 cm³/mol. The van der Waals surface area contributed by atoms with E-state index in [2.05, 4.69) is 50.5 Å². The van der Waals surface area contributed by atoms with Crippen LogP contribution in [-0.4, -0.2) is 13.1 Å². The van der Waals surface area contributed by atoms with Crippen LogP contribution < -0.4 is 1.33 Å². The number of benzene rings is 1. The van der Waals surface area contributed by atoms with Crippen molar-refractivity contribution < 1.29 is 9.53 Å². The minimum absolute atomic E-state index is 0.309. The van der Waals surface area contributed by atoms with Gasteiger partial charge in [-0.05, 0) is 18.2 Å². The van der Waals surface area contributed by atoms with Crippen LogP contribution in [-0.2, 0) is 4.74 Å². The van der Waals surface area contributed by atoms with E-state index in [1.54, 1.807) is 12.1 Å². The largest absolute Gasteiger partial charge is 0.465 e. The number of hydrogen-bond acceptors (Lipinski definition) is 3. The summed E-state index contributed by atoms with van der Waals surface area (Å²) >= 11 is 4.26. The van der Waals surface area contributed by atoms with Gasteiger partial charge in [-0.15, -0.1) is 0 Å². The van der Waals surface area contributed by atoms with Gasteiger partial charge in [0.05, 0.1) is 64.1 Å². The van der Waals surface area contributed by atoms with Gasteiger partial charge in [0, 0.05) is 0 Å². The van der Waals surface area contributed by atoms with E-state index in [4.69, 9.17) is 0 Å². The zero-order valence-electron chi connectivity index (χ0n) is 6.83. The van der Waals surface area contributed by atoms with Crippen LogP contribution in [0.15, 0.2) is 24.3 Å². The third-order valence-corrected chi connectivity index (χ3v) is 2.58. The Kier molecular flexibility index (Phi) is 4.23. The Hall–Kier alpha value is -0.0500. The first-order chi connectivity index (χ1) is 6.15. The molecule has 3 nitrogen and oxygen atoms in total. The van der Waals surface area contributed by atoms with Crippen molar-refractivity contribution >= 4 is 57.4 Å². The molecule has 0 spiro atoms. The molecule has 0 atom stereocenters. The van der Waals surface area contributed by atoms with E-state index in [1.165, 1.54) is 7.11 Å². The van der Waals surface area contributed by atoms with E-state index >= 15 is 0 Å². The van der Waals surface area contributed by atoms with Gasteiger partial charge in [0.15, 0.2) is 0 Å². The minimum Gasteiger partial charge on any atom is -0.465 e. The fourth-order valence-corrected chi connectivity index (χ4v) is 1.46. The van der Waals surface area contributed by atoms with Gasteiger partial charge in [0.25, 0.3) is 0 Å². The second-order valence-electron chi connectivity index (χ2n) is 2.27. The van der Waals surface area contributed by atoms with Crippen LogP contribution in [0.25, 0.3) is 0 Å². The molecule has 0 saturated carbocycles. The molecule has 0 bridgehead atoms.